The van der Waals surface area contributed by atoms with Gasteiger partial charge in [0.05, 0.1) is 33.1 Å². The van der Waals surface area contributed by atoms with Crippen LogP contribution in [0.2, 0.25) is 0 Å². The van der Waals surface area contributed by atoms with Gasteiger partial charge in [-0.05, 0) is 30.2 Å². The Morgan fingerprint density at radius 1 is 1.00 bits per heavy atom. The fourth-order valence-corrected chi connectivity index (χ4v) is 3.98. The van der Waals surface area contributed by atoms with Gasteiger partial charge >= 0.3 is 0 Å². The maximum atomic E-state index is 11.5. The van der Waals surface area contributed by atoms with Crippen molar-refractivity contribution < 1.29 is 22.1 Å². The normalized spacial score (nSPS) is 11.5. The first-order chi connectivity index (χ1) is 16.8. The van der Waals surface area contributed by atoms with Crippen molar-refractivity contribution in [1.82, 2.24) is 24.5 Å². The number of rotatable bonds is 11. The number of hydrogen-bond acceptors (Lipinski definition) is 8. The van der Waals surface area contributed by atoms with Gasteiger partial charge in [-0.3, -0.25) is 8.86 Å². The van der Waals surface area contributed by atoms with Crippen LogP contribution in [0.5, 0.6) is 11.5 Å². The maximum absolute atomic E-state index is 11.5. The standard InChI is InChI=1S/C24H27N5O5S/c1-18-23(33-16-20-7-5-4-6-8-20)22(29(27-18)13-14-34-35(3,30)31)24-26-25-17-28(24)15-19-9-11-21(32-2)12-10-19/h4-12,17H,13-16H2,1-3H3. The third-order valence-electron chi connectivity index (χ3n) is 5.24. The van der Waals surface area contributed by atoms with Crippen molar-refractivity contribution in [1.29, 1.82) is 0 Å². The van der Waals surface area contributed by atoms with E-state index in [9.17, 15) is 8.42 Å². The molecule has 0 amide bonds. The van der Waals surface area contributed by atoms with Crippen molar-refractivity contribution in [2.45, 2.75) is 26.6 Å². The highest BCUT2D eigenvalue weighted by atomic mass is 32.2. The molecule has 0 saturated carbocycles. The molecule has 4 rings (SSSR count). The van der Waals surface area contributed by atoms with Gasteiger partial charge in [0.15, 0.2) is 11.6 Å². The van der Waals surface area contributed by atoms with Crippen LogP contribution in [0.4, 0.5) is 0 Å². The topological polar surface area (TPSA) is 110 Å². The van der Waals surface area contributed by atoms with E-state index in [2.05, 4.69) is 15.3 Å². The molecule has 0 saturated heterocycles. The number of aromatic nitrogens is 5. The second-order valence-electron chi connectivity index (χ2n) is 7.92. The molecule has 2 heterocycles. The zero-order valence-electron chi connectivity index (χ0n) is 19.8. The zero-order valence-corrected chi connectivity index (χ0v) is 20.6. The lowest BCUT2D eigenvalue weighted by Gasteiger charge is -2.12. The Balaban J connectivity index is 1.67. The average molecular weight is 498 g/mol. The first-order valence-corrected chi connectivity index (χ1v) is 12.8. The van der Waals surface area contributed by atoms with Gasteiger partial charge < -0.3 is 14.0 Å². The first-order valence-electron chi connectivity index (χ1n) is 10.9. The molecule has 35 heavy (non-hydrogen) atoms. The first kappa shape index (κ1) is 24.4. The number of methoxy groups -OCH3 is 1. The van der Waals surface area contributed by atoms with E-state index in [-0.39, 0.29) is 13.2 Å². The van der Waals surface area contributed by atoms with E-state index >= 15 is 0 Å². The molecule has 0 aliphatic rings. The van der Waals surface area contributed by atoms with Crippen molar-refractivity contribution >= 4 is 10.1 Å². The van der Waals surface area contributed by atoms with Gasteiger partial charge in [-0.15, -0.1) is 10.2 Å². The quantitative estimate of drug-likeness (QED) is 0.291. The predicted octanol–water partition coefficient (Wildman–Crippen LogP) is 3.06. The third-order valence-corrected chi connectivity index (χ3v) is 5.83. The molecule has 0 N–H and O–H groups in total. The minimum absolute atomic E-state index is 0.0717. The Kier molecular flexibility index (Phi) is 7.47. The summed E-state index contributed by atoms with van der Waals surface area (Å²) in [6.45, 7) is 2.80. The van der Waals surface area contributed by atoms with Crippen LogP contribution in [0.1, 0.15) is 16.8 Å². The fourth-order valence-electron chi connectivity index (χ4n) is 3.60. The number of hydrogen-bond donors (Lipinski definition) is 0. The number of nitrogens with zero attached hydrogens (tertiary/aromatic N) is 5. The largest absolute Gasteiger partial charge is 0.497 e. The third kappa shape index (κ3) is 6.25. The molecule has 0 unspecified atom stereocenters. The second kappa shape index (κ2) is 10.7. The average Bonchev–Trinajstić information content (AvgIpc) is 3.41. The van der Waals surface area contributed by atoms with Gasteiger partial charge in [-0.25, -0.2) is 0 Å². The van der Waals surface area contributed by atoms with Crippen LogP contribution in [-0.2, 0) is 34.0 Å². The molecule has 10 nitrogen and oxygen atoms in total. The van der Waals surface area contributed by atoms with Crippen molar-refractivity contribution in [3.05, 3.63) is 77.7 Å². The molecule has 0 radical (unpaired) electrons. The lowest BCUT2D eigenvalue weighted by Crippen LogP contribution is -2.14. The Labute approximate surface area is 204 Å². The predicted molar refractivity (Wildman–Crippen MR) is 130 cm³/mol. The molecule has 0 aliphatic heterocycles. The highest BCUT2D eigenvalue weighted by Gasteiger charge is 2.23. The molecule has 184 valence electrons. The molecule has 0 spiro atoms. The van der Waals surface area contributed by atoms with Gasteiger partial charge in [0.2, 0.25) is 0 Å². The molecule has 0 fully saturated rings. The van der Waals surface area contributed by atoms with Gasteiger partial charge in [-0.2, -0.15) is 13.5 Å². The summed E-state index contributed by atoms with van der Waals surface area (Å²) in [4.78, 5) is 0. The summed E-state index contributed by atoms with van der Waals surface area (Å²) in [7, 11) is -1.96. The van der Waals surface area contributed by atoms with E-state index in [0.717, 1.165) is 23.1 Å². The van der Waals surface area contributed by atoms with Gasteiger partial charge in [0.1, 0.15) is 30.1 Å². The SMILES string of the molecule is COc1ccc(Cn2cnnc2-c2c(OCc3ccccc3)c(C)nn2CCOS(C)(=O)=O)cc1. The summed E-state index contributed by atoms with van der Waals surface area (Å²) < 4.78 is 42.8. The molecular formula is C24H27N5O5S. The van der Waals surface area contributed by atoms with Crippen LogP contribution in [0.25, 0.3) is 11.5 Å². The van der Waals surface area contributed by atoms with Crippen molar-refractivity contribution in [3.8, 4) is 23.0 Å². The molecule has 0 aliphatic carbocycles. The van der Waals surface area contributed by atoms with Crippen LogP contribution in [0.15, 0.2) is 60.9 Å². The fraction of sp³-hybridized carbons (Fsp3) is 0.292. The highest BCUT2D eigenvalue weighted by Crippen LogP contribution is 2.33. The van der Waals surface area contributed by atoms with Crippen molar-refractivity contribution in [3.63, 3.8) is 0 Å². The molecule has 0 atom stereocenters. The minimum Gasteiger partial charge on any atom is -0.497 e. The summed E-state index contributed by atoms with van der Waals surface area (Å²) in [5.74, 6) is 1.87. The minimum atomic E-state index is -3.58. The molecule has 0 bridgehead atoms. The lowest BCUT2D eigenvalue weighted by atomic mass is 10.2. The molecule has 2 aromatic heterocycles. The van der Waals surface area contributed by atoms with Crippen molar-refractivity contribution in [2.24, 2.45) is 0 Å². The number of benzene rings is 2. The Hall–Kier alpha value is -3.70. The Morgan fingerprint density at radius 2 is 1.74 bits per heavy atom. The summed E-state index contributed by atoms with van der Waals surface area (Å²) in [5, 5.41) is 13.1. The number of ether oxygens (including phenoxy) is 2. The highest BCUT2D eigenvalue weighted by molar-refractivity contribution is 7.85. The van der Waals surface area contributed by atoms with Crippen molar-refractivity contribution in [2.75, 3.05) is 20.0 Å². The summed E-state index contributed by atoms with van der Waals surface area (Å²) >= 11 is 0. The van der Waals surface area contributed by atoms with Crippen LogP contribution in [0.3, 0.4) is 0 Å². The van der Waals surface area contributed by atoms with E-state index in [4.69, 9.17) is 13.7 Å². The van der Waals surface area contributed by atoms with Gasteiger partial charge in [-0.1, -0.05) is 42.5 Å². The second-order valence-corrected chi connectivity index (χ2v) is 9.56. The zero-order chi connectivity index (χ0) is 24.8. The van der Waals surface area contributed by atoms with Crippen LogP contribution >= 0.6 is 0 Å². The van der Waals surface area contributed by atoms with E-state index in [1.807, 2.05) is 66.1 Å². The van der Waals surface area contributed by atoms with E-state index in [1.165, 1.54) is 0 Å². The Morgan fingerprint density at radius 3 is 2.43 bits per heavy atom. The van der Waals surface area contributed by atoms with E-state index < -0.39 is 10.1 Å². The monoisotopic (exact) mass is 497 g/mol. The van der Waals surface area contributed by atoms with Gasteiger partial charge in [0.25, 0.3) is 10.1 Å². The van der Waals surface area contributed by atoms with Crippen LogP contribution < -0.4 is 9.47 Å². The van der Waals surface area contributed by atoms with Crippen LogP contribution in [0, 0.1) is 6.92 Å². The van der Waals surface area contributed by atoms with Gasteiger partial charge in [0, 0.05) is 0 Å². The number of aryl methyl sites for hydroxylation is 1. The summed E-state index contributed by atoms with van der Waals surface area (Å²) in [5.41, 5.74) is 3.28. The Bertz CT molecular complexity index is 1370. The summed E-state index contributed by atoms with van der Waals surface area (Å²) in [6.07, 6.45) is 2.66. The maximum Gasteiger partial charge on any atom is 0.264 e. The lowest BCUT2D eigenvalue weighted by molar-refractivity contribution is 0.295. The van der Waals surface area contributed by atoms with E-state index in [0.29, 0.717) is 36.1 Å². The van der Waals surface area contributed by atoms with Crippen LogP contribution in [-0.4, -0.2) is 52.9 Å². The molecular weight excluding hydrogens is 470 g/mol. The smallest absolute Gasteiger partial charge is 0.264 e. The van der Waals surface area contributed by atoms with E-state index in [1.54, 1.807) is 18.1 Å². The molecule has 4 aromatic rings. The molecule has 2 aromatic carbocycles. The summed E-state index contributed by atoms with van der Waals surface area (Å²) in [6, 6.07) is 17.5. The molecule has 11 heteroatoms.